The van der Waals surface area contributed by atoms with E-state index in [9.17, 15) is 14.7 Å². The minimum Gasteiger partial charge on any atom is -0.508 e. The molecule has 0 radical (unpaired) electrons. The fourth-order valence-corrected chi connectivity index (χ4v) is 2.84. The van der Waals surface area contributed by atoms with Gasteiger partial charge in [0.05, 0.1) is 0 Å². The molecule has 9 nitrogen and oxygen atoms in total. The van der Waals surface area contributed by atoms with Gasteiger partial charge in [0.25, 0.3) is 0 Å². The zero-order chi connectivity index (χ0) is 21.5. The second kappa shape index (κ2) is 9.66. The van der Waals surface area contributed by atoms with Gasteiger partial charge < -0.3 is 29.2 Å². The van der Waals surface area contributed by atoms with Crippen LogP contribution in [0, 0.1) is 0 Å². The maximum atomic E-state index is 12.6. The number of aromatic hydroxyl groups is 1. The number of hydrogen-bond acceptors (Lipinski definition) is 7. The minimum absolute atomic E-state index is 0.0383. The number of ether oxygens (including phenoxy) is 4. The van der Waals surface area contributed by atoms with E-state index in [4.69, 9.17) is 24.1 Å². The lowest BCUT2D eigenvalue weighted by atomic mass is 10.0. The second-order valence-corrected chi connectivity index (χ2v) is 6.23. The molecule has 0 aliphatic carbocycles. The molecule has 0 saturated carbocycles. The number of carboxylic acids is 1. The molecule has 9 heteroatoms. The number of phenolic OH excluding ortho intramolecular Hbond substituents is 1. The molecule has 1 aliphatic heterocycles. The van der Waals surface area contributed by atoms with Crippen LogP contribution < -0.4 is 14.8 Å². The fourth-order valence-electron chi connectivity index (χ4n) is 2.84. The molecule has 158 valence electrons. The lowest BCUT2D eigenvalue weighted by Crippen LogP contribution is -2.27. The van der Waals surface area contributed by atoms with E-state index in [-0.39, 0.29) is 19.1 Å². The van der Waals surface area contributed by atoms with Gasteiger partial charge in [-0.2, -0.15) is 0 Å². The Morgan fingerprint density at radius 1 is 1.17 bits per heavy atom. The summed E-state index contributed by atoms with van der Waals surface area (Å²) in [7, 11) is 0. The van der Waals surface area contributed by atoms with Crippen molar-refractivity contribution in [2.45, 2.75) is 19.1 Å². The van der Waals surface area contributed by atoms with Crippen LogP contribution in [-0.2, 0) is 14.3 Å². The van der Waals surface area contributed by atoms with Gasteiger partial charge in [-0.1, -0.05) is 12.1 Å². The molecule has 30 heavy (non-hydrogen) atoms. The Morgan fingerprint density at radius 2 is 1.90 bits per heavy atom. The number of aliphatic carboxylic acids is 1. The van der Waals surface area contributed by atoms with E-state index in [0.717, 1.165) is 6.08 Å². The van der Waals surface area contributed by atoms with E-state index < -0.39 is 24.3 Å². The molecular formula is C21H21NO8. The van der Waals surface area contributed by atoms with Crippen LogP contribution in [0.2, 0.25) is 0 Å². The first kappa shape index (κ1) is 21.0. The molecule has 3 rings (SSSR count). The number of nitrogens with one attached hydrogen (secondary N) is 1. The maximum Gasteiger partial charge on any atom is 0.412 e. The molecule has 1 amide bonds. The largest absolute Gasteiger partial charge is 0.508 e. The monoisotopic (exact) mass is 415 g/mol. The topological polar surface area (TPSA) is 124 Å². The van der Waals surface area contributed by atoms with Gasteiger partial charge in [0.1, 0.15) is 11.9 Å². The average Bonchev–Trinajstić information content (AvgIpc) is 3.18. The third-order valence-corrected chi connectivity index (χ3v) is 4.16. The normalized spacial score (nSPS) is 14.3. The van der Waals surface area contributed by atoms with E-state index in [1.165, 1.54) is 18.2 Å². The number of carboxylic acid groups (broad SMARTS) is 1. The van der Waals surface area contributed by atoms with Crippen LogP contribution in [0.4, 0.5) is 10.5 Å². The molecule has 0 saturated heterocycles. The van der Waals surface area contributed by atoms with Crippen molar-refractivity contribution < 1.29 is 38.7 Å². The van der Waals surface area contributed by atoms with Crippen molar-refractivity contribution in [2.24, 2.45) is 0 Å². The average molecular weight is 415 g/mol. The first-order valence-corrected chi connectivity index (χ1v) is 9.15. The molecule has 1 heterocycles. The summed E-state index contributed by atoms with van der Waals surface area (Å²) in [6, 6.07) is 10.9. The summed E-state index contributed by atoms with van der Waals surface area (Å²) in [5, 5.41) is 21.1. The van der Waals surface area contributed by atoms with Gasteiger partial charge in [-0.3, -0.25) is 5.32 Å². The van der Waals surface area contributed by atoms with E-state index >= 15 is 0 Å². The van der Waals surface area contributed by atoms with Gasteiger partial charge >= 0.3 is 12.1 Å². The Bertz CT molecular complexity index is 925. The lowest BCUT2D eigenvalue weighted by molar-refractivity contribution is -0.131. The summed E-state index contributed by atoms with van der Waals surface area (Å²) >= 11 is 0. The number of rotatable bonds is 8. The highest BCUT2D eigenvalue weighted by Gasteiger charge is 2.27. The van der Waals surface area contributed by atoms with Crippen LogP contribution in [-0.4, -0.2) is 41.8 Å². The number of carbonyl (C=O) groups is 2. The summed E-state index contributed by atoms with van der Waals surface area (Å²) in [5.74, 6) is -0.0455. The van der Waals surface area contributed by atoms with Crippen LogP contribution in [0.15, 0.2) is 54.6 Å². The van der Waals surface area contributed by atoms with Gasteiger partial charge in [-0.25, -0.2) is 9.59 Å². The number of fused-ring (bicyclic) bond motifs is 1. The summed E-state index contributed by atoms with van der Waals surface area (Å²) in [6.45, 7) is 2.11. The SMILES string of the molecule is CCO[C@H](/C=C/C(=O)O)[C@H](OC(=O)Nc1ccc2c(c1)OCO2)c1ccc(O)cc1. The Hall–Kier alpha value is -3.72. The molecular weight excluding hydrogens is 394 g/mol. The molecule has 0 aromatic heterocycles. The highest BCUT2D eigenvalue weighted by Crippen LogP contribution is 2.34. The Labute approximate surface area is 172 Å². The first-order chi connectivity index (χ1) is 14.5. The van der Waals surface area contributed by atoms with Crippen molar-refractivity contribution >= 4 is 17.7 Å². The van der Waals surface area contributed by atoms with Crippen LogP contribution in [0.3, 0.4) is 0 Å². The highest BCUT2D eigenvalue weighted by atomic mass is 16.7. The molecule has 1 aliphatic rings. The van der Waals surface area contributed by atoms with Gasteiger partial charge in [0.15, 0.2) is 17.6 Å². The fraction of sp³-hybridized carbons (Fsp3) is 0.238. The predicted molar refractivity (Wildman–Crippen MR) is 106 cm³/mol. The summed E-state index contributed by atoms with van der Waals surface area (Å²) < 4.78 is 21.7. The molecule has 0 spiro atoms. The molecule has 2 aromatic carbocycles. The van der Waals surface area contributed by atoms with Crippen molar-refractivity contribution in [2.75, 3.05) is 18.7 Å². The second-order valence-electron chi connectivity index (χ2n) is 6.23. The summed E-state index contributed by atoms with van der Waals surface area (Å²) in [5.41, 5.74) is 0.949. The molecule has 3 N–H and O–H groups in total. The van der Waals surface area contributed by atoms with Crippen LogP contribution in [0.1, 0.15) is 18.6 Å². The number of benzene rings is 2. The molecule has 0 bridgehead atoms. The first-order valence-electron chi connectivity index (χ1n) is 9.15. The van der Waals surface area contributed by atoms with E-state index in [0.29, 0.717) is 22.7 Å². The number of hydrogen-bond donors (Lipinski definition) is 3. The van der Waals surface area contributed by atoms with Gasteiger partial charge in [0, 0.05) is 24.4 Å². The van der Waals surface area contributed by atoms with Crippen molar-refractivity contribution in [1.29, 1.82) is 0 Å². The zero-order valence-electron chi connectivity index (χ0n) is 16.1. The molecule has 2 atom stereocenters. The smallest absolute Gasteiger partial charge is 0.412 e. The zero-order valence-corrected chi connectivity index (χ0v) is 16.1. The quantitative estimate of drug-likeness (QED) is 0.560. The number of carbonyl (C=O) groups excluding carboxylic acids is 1. The third-order valence-electron chi connectivity index (χ3n) is 4.16. The van der Waals surface area contributed by atoms with Gasteiger partial charge in [0.2, 0.25) is 6.79 Å². The van der Waals surface area contributed by atoms with Crippen molar-refractivity contribution in [1.82, 2.24) is 0 Å². The lowest BCUT2D eigenvalue weighted by Gasteiger charge is -2.25. The van der Waals surface area contributed by atoms with Gasteiger partial charge in [-0.05, 0) is 42.8 Å². The van der Waals surface area contributed by atoms with Crippen molar-refractivity contribution in [3.05, 3.63) is 60.2 Å². The van der Waals surface area contributed by atoms with Crippen LogP contribution in [0.5, 0.6) is 17.2 Å². The summed E-state index contributed by atoms with van der Waals surface area (Å²) in [4.78, 5) is 23.5. The van der Waals surface area contributed by atoms with E-state index in [1.807, 2.05) is 0 Å². The number of amides is 1. The maximum absolute atomic E-state index is 12.6. The van der Waals surface area contributed by atoms with E-state index in [1.54, 1.807) is 37.3 Å². The third kappa shape index (κ3) is 5.42. The van der Waals surface area contributed by atoms with Crippen LogP contribution >= 0.6 is 0 Å². The predicted octanol–water partition coefficient (Wildman–Crippen LogP) is 3.46. The van der Waals surface area contributed by atoms with Gasteiger partial charge in [-0.15, -0.1) is 0 Å². The molecule has 2 aromatic rings. The number of anilines is 1. The highest BCUT2D eigenvalue weighted by molar-refractivity contribution is 5.85. The Morgan fingerprint density at radius 3 is 2.60 bits per heavy atom. The molecule has 0 unspecified atom stereocenters. The summed E-state index contributed by atoms with van der Waals surface area (Å²) in [6.07, 6.45) is -0.377. The Kier molecular flexibility index (Phi) is 6.76. The van der Waals surface area contributed by atoms with Crippen molar-refractivity contribution in [3.63, 3.8) is 0 Å². The number of phenols is 1. The Balaban J connectivity index is 1.80. The van der Waals surface area contributed by atoms with E-state index in [2.05, 4.69) is 5.32 Å². The minimum atomic E-state index is -1.16. The standard InChI is InChI=1S/C21H21NO8/c1-2-27-17(9-10-19(24)25)20(13-3-6-15(23)7-4-13)30-21(26)22-14-5-8-16-18(11-14)29-12-28-16/h3-11,17,20,23H,2,12H2,1H3,(H,22,26)(H,24,25)/b10-9+/t17-,20-/m1/s1. The van der Waals surface area contributed by atoms with Crippen molar-refractivity contribution in [3.8, 4) is 17.2 Å². The van der Waals surface area contributed by atoms with Crippen LogP contribution in [0.25, 0.3) is 0 Å². The molecule has 0 fully saturated rings.